The van der Waals surface area contributed by atoms with Gasteiger partial charge in [0.15, 0.2) is 0 Å². The number of nitrogens with zero attached hydrogens (tertiary/aromatic N) is 1. The van der Waals surface area contributed by atoms with Crippen molar-refractivity contribution in [3.05, 3.63) is 0 Å². The first-order valence-corrected chi connectivity index (χ1v) is 7.39. The van der Waals surface area contributed by atoms with Gasteiger partial charge in [-0.05, 0) is 43.4 Å². The van der Waals surface area contributed by atoms with Crippen LogP contribution in [0, 0.1) is 5.41 Å². The molecule has 16 heavy (non-hydrogen) atoms. The fourth-order valence-electron chi connectivity index (χ4n) is 3.32. The van der Waals surface area contributed by atoms with E-state index in [0.717, 1.165) is 31.7 Å². The van der Waals surface area contributed by atoms with E-state index < -0.39 is 0 Å². The SMILES string of the molecule is OC1CCCN(CC2(CS)CCCCC2)C1. The summed E-state index contributed by atoms with van der Waals surface area (Å²) in [6.45, 7) is 3.22. The Labute approximate surface area is 105 Å². The third-order valence-electron chi connectivity index (χ3n) is 4.29. The van der Waals surface area contributed by atoms with E-state index in [1.54, 1.807) is 0 Å². The molecule has 2 aliphatic rings. The van der Waals surface area contributed by atoms with Crippen LogP contribution in [0.1, 0.15) is 44.9 Å². The highest BCUT2D eigenvalue weighted by atomic mass is 32.1. The van der Waals surface area contributed by atoms with Crippen molar-refractivity contribution in [2.24, 2.45) is 5.41 Å². The molecule has 0 aromatic heterocycles. The lowest BCUT2D eigenvalue weighted by molar-refractivity contribution is 0.0385. The van der Waals surface area contributed by atoms with Crippen molar-refractivity contribution >= 4 is 12.6 Å². The molecule has 1 unspecified atom stereocenters. The monoisotopic (exact) mass is 243 g/mol. The first-order valence-electron chi connectivity index (χ1n) is 6.75. The van der Waals surface area contributed by atoms with Crippen LogP contribution in [-0.4, -0.2) is 41.5 Å². The average molecular weight is 243 g/mol. The average Bonchev–Trinajstić information content (AvgIpc) is 2.30. The van der Waals surface area contributed by atoms with Gasteiger partial charge in [-0.3, -0.25) is 0 Å². The number of hydrogen-bond acceptors (Lipinski definition) is 3. The number of piperidine rings is 1. The molecule has 1 atom stereocenters. The summed E-state index contributed by atoms with van der Waals surface area (Å²) in [5.41, 5.74) is 0.443. The van der Waals surface area contributed by atoms with E-state index in [1.807, 2.05) is 0 Å². The van der Waals surface area contributed by atoms with Crippen molar-refractivity contribution in [3.8, 4) is 0 Å². The first-order chi connectivity index (χ1) is 7.74. The summed E-state index contributed by atoms with van der Waals surface area (Å²) < 4.78 is 0. The zero-order chi connectivity index (χ0) is 11.4. The van der Waals surface area contributed by atoms with Crippen LogP contribution < -0.4 is 0 Å². The van der Waals surface area contributed by atoms with Crippen molar-refractivity contribution in [2.45, 2.75) is 51.0 Å². The summed E-state index contributed by atoms with van der Waals surface area (Å²) in [4.78, 5) is 2.47. The van der Waals surface area contributed by atoms with Gasteiger partial charge in [-0.1, -0.05) is 19.3 Å². The van der Waals surface area contributed by atoms with Crippen LogP contribution in [0.5, 0.6) is 0 Å². The van der Waals surface area contributed by atoms with E-state index >= 15 is 0 Å². The Bertz CT molecular complexity index is 216. The maximum absolute atomic E-state index is 9.70. The minimum atomic E-state index is -0.0886. The summed E-state index contributed by atoms with van der Waals surface area (Å²) in [5.74, 6) is 1.01. The van der Waals surface area contributed by atoms with E-state index in [4.69, 9.17) is 0 Å². The van der Waals surface area contributed by atoms with Gasteiger partial charge in [0.25, 0.3) is 0 Å². The lowest BCUT2D eigenvalue weighted by Crippen LogP contribution is -2.46. The second-order valence-corrected chi connectivity index (χ2v) is 6.07. The molecule has 3 heteroatoms. The zero-order valence-corrected chi connectivity index (χ0v) is 11.1. The smallest absolute Gasteiger partial charge is 0.0667 e. The molecule has 0 radical (unpaired) electrons. The topological polar surface area (TPSA) is 23.5 Å². The van der Waals surface area contributed by atoms with E-state index in [1.165, 1.54) is 38.6 Å². The molecule has 1 heterocycles. The highest BCUT2D eigenvalue weighted by molar-refractivity contribution is 7.80. The highest BCUT2D eigenvalue weighted by Crippen LogP contribution is 2.38. The van der Waals surface area contributed by atoms with E-state index in [9.17, 15) is 5.11 Å². The number of thiol groups is 1. The Balaban J connectivity index is 1.89. The lowest BCUT2D eigenvalue weighted by atomic mass is 9.75. The lowest BCUT2D eigenvalue weighted by Gasteiger charge is -2.42. The van der Waals surface area contributed by atoms with E-state index in [0.29, 0.717) is 5.41 Å². The van der Waals surface area contributed by atoms with Gasteiger partial charge in [-0.2, -0.15) is 12.6 Å². The van der Waals surface area contributed by atoms with Crippen LogP contribution in [0.2, 0.25) is 0 Å². The molecular weight excluding hydrogens is 218 g/mol. The number of aliphatic hydroxyl groups excluding tert-OH is 1. The number of likely N-dealkylation sites (tertiary alicyclic amines) is 1. The maximum atomic E-state index is 9.70. The summed E-state index contributed by atoms with van der Waals surface area (Å²) in [6.07, 6.45) is 8.88. The minimum Gasteiger partial charge on any atom is -0.392 e. The third-order valence-corrected chi connectivity index (χ3v) is 4.96. The molecule has 1 saturated heterocycles. The van der Waals surface area contributed by atoms with Crippen LogP contribution in [-0.2, 0) is 0 Å². The molecule has 0 aromatic carbocycles. The zero-order valence-electron chi connectivity index (χ0n) is 10.2. The molecule has 0 aromatic rings. The predicted molar refractivity (Wildman–Crippen MR) is 71.1 cm³/mol. The Morgan fingerprint density at radius 3 is 2.56 bits per heavy atom. The van der Waals surface area contributed by atoms with Gasteiger partial charge >= 0.3 is 0 Å². The molecule has 2 rings (SSSR count). The molecule has 1 N–H and O–H groups in total. The highest BCUT2D eigenvalue weighted by Gasteiger charge is 2.33. The van der Waals surface area contributed by atoms with Crippen molar-refractivity contribution in [3.63, 3.8) is 0 Å². The second-order valence-electron chi connectivity index (χ2n) is 5.75. The Morgan fingerprint density at radius 2 is 1.94 bits per heavy atom. The minimum absolute atomic E-state index is 0.0886. The number of rotatable bonds is 3. The van der Waals surface area contributed by atoms with Gasteiger partial charge in [0, 0.05) is 13.1 Å². The number of β-amino-alcohol motifs (C(OH)–C–C–N with tert-alkyl or cyclic N) is 1. The Hall–Kier alpha value is 0.270. The van der Waals surface area contributed by atoms with Crippen LogP contribution >= 0.6 is 12.6 Å². The molecule has 0 amide bonds. The van der Waals surface area contributed by atoms with E-state index in [2.05, 4.69) is 17.5 Å². The molecule has 0 spiro atoms. The van der Waals surface area contributed by atoms with Gasteiger partial charge < -0.3 is 10.0 Å². The standard InChI is InChI=1S/C13H25NOS/c15-12-5-4-8-14(9-12)10-13(11-16)6-2-1-3-7-13/h12,15-16H,1-11H2. The first kappa shape index (κ1) is 12.7. The van der Waals surface area contributed by atoms with Gasteiger partial charge in [0.05, 0.1) is 6.10 Å². The van der Waals surface area contributed by atoms with Crippen molar-refractivity contribution < 1.29 is 5.11 Å². The number of aliphatic hydroxyl groups is 1. The summed E-state index contributed by atoms with van der Waals surface area (Å²) in [5, 5.41) is 9.70. The summed E-state index contributed by atoms with van der Waals surface area (Å²) in [6, 6.07) is 0. The molecular formula is C13H25NOS. The molecule has 94 valence electrons. The van der Waals surface area contributed by atoms with Crippen molar-refractivity contribution in [1.29, 1.82) is 0 Å². The van der Waals surface area contributed by atoms with Crippen LogP contribution in [0.3, 0.4) is 0 Å². The maximum Gasteiger partial charge on any atom is 0.0667 e. The van der Waals surface area contributed by atoms with Crippen molar-refractivity contribution in [2.75, 3.05) is 25.4 Å². The normalized spacial score (nSPS) is 31.5. The third kappa shape index (κ3) is 3.14. The summed E-state index contributed by atoms with van der Waals surface area (Å²) >= 11 is 4.58. The van der Waals surface area contributed by atoms with Gasteiger partial charge in [0.2, 0.25) is 0 Å². The second kappa shape index (κ2) is 5.74. The molecule has 0 bridgehead atoms. The van der Waals surface area contributed by atoms with Crippen molar-refractivity contribution in [1.82, 2.24) is 4.90 Å². The molecule has 2 fully saturated rings. The fraction of sp³-hybridized carbons (Fsp3) is 1.00. The molecule has 1 aliphatic carbocycles. The molecule has 2 nitrogen and oxygen atoms in total. The van der Waals surface area contributed by atoms with Gasteiger partial charge in [-0.25, -0.2) is 0 Å². The van der Waals surface area contributed by atoms with Crippen LogP contribution in [0.15, 0.2) is 0 Å². The van der Waals surface area contributed by atoms with E-state index in [-0.39, 0.29) is 6.10 Å². The Kier molecular flexibility index (Phi) is 4.57. The quantitative estimate of drug-likeness (QED) is 0.743. The fourth-order valence-corrected chi connectivity index (χ4v) is 3.73. The number of hydrogen-bond donors (Lipinski definition) is 2. The van der Waals surface area contributed by atoms with Crippen LogP contribution in [0.25, 0.3) is 0 Å². The van der Waals surface area contributed by atoms with Crippen LogP contribution in [0.4, 0.5) is 0 Å². The molecule has 1 saturated carbocycles. The van der Waals surface area contributed by atoms with Gasteiger partial charge in [0.1, 0.15) is 0 Å². The molecule has 1 aliphatic heterocycles. The van der Waals surface area contributed by atoms with Gasteiger partial charge in [-0.15, -0.1) is 0 Å². The summed E-state index contributed by atoms with van der Waals surface area (Å²) in [7, 11) is 0. The largest absolute Gasteiger partial charge is 0.392 e. The Morgan fingerprint density at radius 1 is 1.19 bits per heavy atom. The predicted octanol–water partition coefficient (Wildman–Crippen LogP) is 2.32.